The van der Waals surface area contributed by atoms with Crippen LogP contribution in [0.25, 0.3) is 5.69 Å². The van der Waals surface area contributed by atoms with E-state index in [1.54, 1.807) is 27.9 Å². The molecule has 150 valence electrons. The topological polar surface area (TPSA) is 93.2 Å². The van der Waals surface area contributed by atoms with Gasteiger partial charge in [-0.3, -0.25) is 4.79 Å². The first-order valence-electron chi connectivity index (χ1n) is 9.16. The minimum Gasteiger partial charge on any atom is -0.370 e. The number of carbonyl (C=O) groups is 2. The maximum Gasteiger partial charge on any atom is 0.317 e. The van der Waals surface area contributed by atoms with Crippen LogP contribution in [0.2, 0.25) is 5.02 Å². The second-order valence-corrected chi connectivity index (χ2v) is 6.99. The van der Waals surface area contributed by atoms with E-state index >= 15 is 0 Å². The number of urea groups is 1. The number of carbonyl (C=O) groups excluding carboxylic acids is 2. The standard InChI is InChI=1S/C21H22ClN5O2/c22-18-6-8-19(9-7-18)27-15-17(13-25-27)12-24-21(29)26(11-10-20(23)28)14-16-4-2-1-3-5-16/h1-9,13,15H,10-12,14H2,(H2,23,28)(H,24,29). The molecule has 0 saturated carbocycles. The molecule has 0 fully saturated rings. The van der Waals surface area contributed by atoms with Gasteiger partial charge < -0.3 is 16.0 Å². The Morgan fingerprint density at radius 1 is 1.07 bits per heavy atom. The van der Waals surface area contributed by atoms with Crippen LogP contribution in [0.4, 0.5) is 4.79 Å². The fourth-order valence-corrected chi connectivity index (χ4v) is 2.90. The molecule has 0 radical (unpaired) electrons. The van der Waals surface area contributed by atoms with Crippen LogP contribution in [0.5, 0.6) is 0 Å². The van der Waals surface area contributed by atoms with E-state index < -0.39 is 5.91 Å². The minimum atomic E-state index is -0.444. The van der Waals surface area contributed by atoms with E-state index in [0.717, 1.165) is 16.8 Å². The number of amides is 3. The molecule has 7 nitrogen and oxygen atoms in total. The zero-order valence-corrected chi connectivity index (χ0v) is 16.5. The number of halogens is 1. The number of rotatable bonds is 8. The Morgan fingerprint density at radius 2 is 1.79 bits per heavy atom. The van der Waals surface area contributed by atoms with Crippen molar-refractivity contribution in [2.24, 2.45) is 5.73 Å². The van der Waals surface area contributed by atoms with Crippen molar-refractivity contribution in [3.63, 3.8) is 0 Å². The molecule has 3 rings (SSSR count). The van der Waals surface area contributed by atoms with Crippen LogP contribution in [-0.4, -0.2) is 33.2 Å². The Hall–Kier alpha value is -3.32. The number of nitrogens with two attached hydrogens (primary N) is 1. The maximum absolute atomic E-state index is 12.7. The van der Waals surface area contributed by atoms with Gasteiger partial charge in [0, 0.05) is 42.8 Å². The zero-order chi connectivity index (χ0) is 20.6. The number of hydrogen-bond donors (Lipinski definition) is 2. The lowest BCUT2D eigenvalue weighted by atomic mass is 10.2. The molecule has 0 bridgehead atoms. The van der Waals surface area contributed by atoms with Crippen molar-refractivity contribution >= 4 is 23.5 Å². The number of hydrogen-bond acceptors (Lipinski definition) is 3. The van der Waals surface area contributed by atoms with Gasteiger partial charge in [-0.2, -0.15) is 5.10 Å². The van der Waals surface area contributed by atoms with Crippen molar-refractivity contribution in [2.45, 2.75) is 19.5 Å². The van der Waals surface area contributed by atoms with E-state index in [1.165, 1.54) is 0 Å². The largest absolute Gasteiger partial charge is 0.370 e. The average molecular weight is 412 g/mol. The molecule has 0 aliphatic carbocycles. The molecule has 0 aliphatic heterocycles. The van der Waals surface area contributed by atoms with Crippen LogP contribution in [0, 0.1) is 0 Å². The van der Waals surface area contributed by atoms with Gasteiger partial charge in [0.2, 0.25) is 5.91 Å². The molecule has 1 aromatic heterocycles. The van der Waals surface area contributed by atoms with Gasteiger partial charge in [0.25, 0.3) is 0 Å². The highest BCUT2D eigenvalue weighted by Gasteiger charge is 2.15. The molecular formula is C21H22ClN5O2. The molecule has 0 aliphatic rings. The number of benzene rings is 2. The first-order valence-corrected chi connectivity index (χ1v) is 9.53. The van der Waals surface area contributed by atoms with Gasteiger partial charge in [0.1, 0.15) is 0 Å². The predicted octanol–water partition coefficient (Wildman–Crippen LogP) is 3.11. The number of aromatic nitrogens is 2. The minimum absolute atomic E-state index is 0.106. The first-order chi connectivity index (χ1) is 14.0. The van der Waals surface area contributed by atoms with Crippen molar-refractivity contribution in [1.29, 1.82) is 0 Å². The van der Waals surface area contributed by atoms with Gasteiger partial charge in [-0.05, 0) is 29.8 Å². The van der Waals surface area contributed by atoms with Crippen molar-refractivity contribution in [2.75, 3.05) is 6.54 Å². The summed E-state index contributed by atoms with van der Waals surface area (Å²) in [6.45, 7) is 0.957. The highest BCUT2D eigenvalue weighted by Crippen LogP contribution is 2.13. The van der Waals surface area contributed by atoms with Gasteiger partial charge in [-0.15, -0.1) is 0 Å². The summed E-state index contributed by atoms with van der Waals surface area (Å²) in [5, 5.41) is 7.85. The fraction of sp³-hybridized carbons (Fsp3) is 0.190. The SMILES string of the molecule is NC(=O)CCN(Cc1ccccc1)C(=O)NCc1cnn(-c2ccc(Cl)cc2)c1. The number of nitrogens with zero attached hydrogens (tertiary/aromatic N) is 3. The lowest BCUT2D eigenvalue weighted by Crippen LogP contribution is -2.40. The molecule has 3 aromatic rings. The maximum atomic E-state index is 12.7. The van der Waals surface area contributed by atoms with E-state index in [-0.39, 0.29) is 19.0 Å². The monoisotopic (exact) mass is 411 g/mol. The second kappa shape index (κ2) is 9.75. The first kappa shape index (κ1) is 20.4. The summed E-state index contributed by atoms with van der Waals surface area (Å²) >= 11 is 5.91. The summed E-state index contributed by atoms with van der Waals surface area (Å²) < 4.78 is 1.71. The molecular weight excluding hydrogens is 390 g/mol. The molecule has 2 aromatic carbocycles. The Morgan fingerprint density at radius 3 is 2.48 bits per heavy atom. The summed E-state index contributed by atoms with van der Waals surface area (Å²) in [5.41, 5.74) is 7.95. The lowest BCUT2D eigenvalue weighted by Gasteiger charge is -2.22. The summed E-state index contributed by atoms with van der Waals surface area (Å²) in [5.74, 6) is -0.444. The van der Waals surface area contributed by atoms with E-state index in [1.807, 2.05) is 48.7 Å². The third-order valence-electron chi connectivity index (χ3n) is 4.30. The van der Waals surface area contributed by atoms with Gasteiger partial charge in [0.15, 0.2) is 0 Å². The van der Waals surface area contributed by atoms with Crippen LogP contribution in [-0.2, 0) is 17.9 Å². The third-order valence-corrected chi connectivity index (χ3v) is 4.55. The van der Waals surface area contributed by atoms with Gasteiger partial charge in [0.05, 0.1) is 11.9 Å². The van der Waals surface area contributed by atoms with Gasteiger partial charge in [-0.25, -0.2) is 9.48 Å². The molecule has 0 atom stereocenters. The summed E-state index contributed by atoms with van der Waals surface area (Å²) in [7, 11) is 0. The molecule has 8 heteroatoms. The summed E-state index contributed by atoms with van der Waals surface area (Å²) in [6.07, 6.45) is 3.64. The highest BCUT2D eigenvalue weighted by molar-refractivity contribution is 6.30. The normalized spacial score (nSPS) is 10.5. The van der Waals surface area contributed by atoms with Crippen molar-refractivity contribution < 1.29 is 9.59 Å². The van der Waals surface area contributed by atoms with Crippen molar-refractivity contribution in [3.8, 4) is 5.69 Å². The van der Waals surface area contributed by atoms with Crippen LogP contribution >= 0.6 is 11.6 Å². The zero-order valence-electron chi connectivity index (χ0n) is 15.8. The Kier molecular flexibility index (Phi) is 6.86. The van der Waals surface area contributed by atoms with Gasteiger partial charge >= 0.3 is 6.03 Å². The lowest BCUT2D eigenvalue weighted by molar-refractivity contribution is -0.118. The Balaban J connectivity index is 1.61. The van der Waals surface area contributed by atoms with Crippen LogP contribution in [0.15, 0.2) is 67.0 Å². The Labute approximate surface area is 174 Å². The molecule has 3 N–H and O–H groups in total. The summed E-state index contributed by atoms with van der Waals surface area (Å²) in [6, 6.07) is 16.6. The molecule has 29 heavy (non-hydrogen) atoms. The predicted molar refractivity (Wildman–Crippen MR) is 111 cm³/mol. The smallest absolute Gasteiger partial charge is 0.317 e. The van der Waals surface area contributed by atoms with Crippen LogP contribution in [0.1, 0.15) is 17.5 Å². The molecule has 0 saturated heterocycles. The average Bonchev–Trinajstić information content (AvgIpc) is 3.19. The van der Waals surface area contributed by atoms with Crippen molar-refractivity contribution in [3.05, 3.63) is 83.1 Å². The Bertz CT molecular complexity index is 957. The molecule has 0 unspecified atom stereocenters. The van der Waals surface area contributed by atoms with Crippen LogP contribution < -0.4 is 11.1 Å². The number of nitrogens with one attached hydrogen (secondary N) is 1. The fourth-order valence-electron chi connectivity index (χ4n) is 2.78. The van der Waals surface area contributed by atoms with E-state index in [0.29, 0.717) is 18.1 Å². The highest BCUT2D eigenvalue weighted by atomic mass is 35.5. The molecule has 1 heterocycles. The quantitative estimate of drug-likeness (QED) is 0.596. The van der Waals surface area contributed by atoms with E-state index in [9.17, 15) is 9.59 Å². The summed E-state index contributed by atoms with van der Waals surface area (Å²) in [4.78, 5) is 25.4. The van der Waals surface area contributed by atoms with E-state index in [4.69, 9.17) is 17.3 Å². The molecule has 0 spiro atoms. The second-order valence-electron chi connectivity index (χ2n) is 6.55. The number of primary amides is 1. The third kappa shape index (κ3) is 6.08. The van der Waals surface area contributed by atoms with Gasteiger partial charge in [-0.1, -0.05) is 41.9 Å². The molecule has 3 amide bonds. The van der Waals surface area contributed by atoms with Crippen LogP contribution in [0.3, 0.4) is 0 Å². The van der Waals surface area contributed by atoms with Crippen molar-refractivity contribution in [1.82, 2.24) is 20.0 Å². The van der Waals surface area contributed by atoms with E-state index in [2.05, 4.69) is 10.4 Å².